The number of para-hydroxylation sites is 3. The summed E-state index contributed by atoms with van der Waals surface area (Å²) in [5, 5.41) is 10.2. The van der Waals surface area contributed by atoms with Crippen LogP contribution in [0.4, 0.5) is 0 Å². The molecule has 33 heavy (non-hydrogen) atoms. The quantitative estimate of drug-likeness (QED) is 0.423. The summed E-state index contributed by atoms with van der Waals surface area (Å²) in [4.78, 5) is 18.3. The van der Waals surface area contributed by atoms with Crippen LogP contribution in [0, 0.1) is 18.3 Å². The summed E-state index contributed by atoms with van der Waals surface area (Å²) in [5.74, 6) is 0.534. The van der Waals surface area contributed by atoms with Gasteiger partial charge in [0.2, 0.25) is 0 Å². The summed E-state index contributed by atoms with van der Waals surface area (Å²) in [6.45, 7) is 2.02. The number of benzene rings is 3. The third-order valence-electron chi connectivity index (χ3n) is 5.65. The molecule has 5 rings (SSSR count). The zero-order valence-electron chi connectivity index (χ0n) is 18.2. The Labute approximate surface area is 194 Å². The van der Waals surface area contributed by atoms with Crippen molar-refractivity contribution in [3.8, 4) is 11.8 Å². The lowest BCUT2D eigenvalue weighted by Gasteiger charge is -2.04. The molecule has 6 heteroatoms. The number of aromatic nitrogens is 3. The summed E-state index contributed by atoms with van der Waals surface area (Å²) in [6, 6.07) is 27.4. The maximum absolute atomic E-state index is 13.6. The second-order valence-corrected chi connectivity index (χ2v) is 8.75. The Kier molecular flexibility index (Phi) is 5.25. The standard InChI is InChI=1S/C27H20N4OS/c1-18-10-6-7-11-19(18)16-24-26(32)31(20-12-4-3-5-13-20)27(33-24)21(17-28)25-29-22-14-8-9-15-23(22)30(25)2/h3-16H,1-2H3/b24-16-,27-21-. The number of hydrogen-bond acceptors (Lipinski definition) is 4. The first-order valence-electron chi connectivity index (χ1n) is 10.5. The fourth-order valence-electron chi connectivity index (χ4n) is 3.91. The van der Waals surface area contributed by atoms with E-state index >= 15 is 0 Å². The lowest BCUT2D eigenvalue weighted by molar-refractivity contribution is 0.915. The Morgan fingerprint density at radius 3 is 2.42 bits per heavy atom. The molecule has 0 radical (unpaired) electrons. The molecule has 0 aliphatic rings. The van der Waals surface area contributed by atoms with E-state index in [1.54, 1.807) is 4.57 Å². The molecule has 2 heterocycles. The van der Waals surface area contributed by atoms with Crippen LogP contribution in [-0.4, -0.2) is 14.1 Å². The third-order valence-corrected chi connectivity index (χ3v) is 6.74. The molecule has 0 saturated carbocycles. The largest absolute Gasteiger partial charge is 0.326 e. The smallest absolute Gasteiger partial charge is 0.273 e. The van der Waals surface area contributed by atoms with Crippen LogP contribution in [-0.2, 0) is 7.05 Å². The monoisotopic (exact) mass is 448 g/mol. The lowest BCUT2D eigenvalue weighted by atomic mass is 10.1. The van der Waals surface area contributed by atoms with Crippen LogP contribution in [0.25, 0.3) is 28.4 Å². The summed E-state index contributed by atoms with van der Waals surface area (Å²) in [7, 11) is 1.89. The topological polar surface area (TPSA) is 63.6 Å². The number of hydrogen-bond donors (Lipinski definition) is 0. The summed E-state index contributed by atoms with van der Waals surface area (Å²) in [6.07, 6.45) is 1.90. The molecule has 0 spiro atoms. The van der Waals surface area contributed by atoms with Gasteiger partial charge in [-0.3, -0.25) is 9.36 Å². The van der Waals surface area contributed by atoms with Gasteiger partial charge in [0.25, 0.3) is 5.56 Å². The molecule has 0 aliphatic heterocycles. The van der Waals surface area contributed by atoms with Crippen molar-refractivity contribution in [1.82, 2.24) is 14.1 Å². The van der Waals surface area contributed by atoms with E-state index in [-0.39, 0.29) is 5.56 Å². The minimum Gasteiger partial charge on any atom is -0.326 e. The molecule has 0 fully saturated rings. The van der Waals surface area contributed by atoms with Crippen molar-refractivity contribution in [2.45, 2.75) is 6.92 Å². The van der Waals surface area contributed by atoms with Gasteiger partial charge in [0.15, 0.2) is 5.82 Å². The van der Waals surface area contributed by atoms with Crippen molar-refractivity contribution in [1.29, 1.82) is 5.26 Å². The van der Waals surface area contributed by atoms with Crippen LogP contribution in [0.2, 0.25) is 0 Å². The highest BCUT2D eigenvalue weighted by Crippen LogP contribution is 2.19. The van der Waals surface area contributed by atoms with Crippen molar-refractivity contribution in [3.63, 3.8) is 0 Å². The van der Waals surface area contributed by atoms with E-state index in [4.69, 9.17) is 4.98 Å². The van der Waals surface area contributed by atoms with Gasteiger partial charge in [0.1, 0.15) is 16.3 Å². The maximum Gasteiger partial charge on any atom is 0.273 e. The van der Waals surface area contributed by atoms with E-state index in [0.29, 0.717) is 26.3 Å². The lowest BCUT2D eigenvalue weighted by Crippen LogP contribution is -2.31. The van der Waals surface area contributed by atoms with Crippen molar-refractivity contribution in [3.05, 3.63) is 115 Å². The minimum atomic E-state index is -0.157. The second-order valence-electron chi connectivity index (χ2n) is 7.72. The predicted molar refractivity (Wildman–Crippen MR) is 133 cm³/mol. The van der Waals surface area contributed by atoms with Crippen molar-refractivity contribution in [2.24, 2.45) is 7.05 Å². The molecule has 0 aliphatic carbocycles. The molecular weight excluding hydrogens is 428 g/mol. The SMILES string of the molecule is Cc1ccccc1/C=c1\s/c(=C(/C#N)c2nc3ccccc3n2C)n(-c2ccccc2)c1=O. The van der Waals surface area contributed by atoms with Gasteiger partial charge in [0, 0.05) is 7.05 Å². The Bertz CT molecular complexity index is 1720. The zero-order valence-corrected chi connectivity index (χ0v) is 19.0. The molecule has 0 unspecified atom stereocenters. The van der Waals surface area contributed by atoms with Crippen LogP contribution in [0.15, 0.2) is 83.7 Å². The number of fused-ring (bicyclic) bond motifs is 1. The van der Waals surface area contributed by atoms with E-state index in [2.05, 4.69) is 6.07 Å². The molecule has 0 N–H and O–H groups in total. The normalized spacial score (nSPS) is 12.7. The second kappa shape index (κ2) is 8.38. The predicted octanol–water partition coefficient (Wildman–Crippen LogP) is 3.65. The van der Waals surface area contributed by atoms with Gasteiger partial charge in [-0.05, 0) is 48.4 Å². The summed E-state index contributed by atoms with van der Waals surface area (Å²) >= 11 is 1.31. The number of nitrogens with zero attached hydrogens (tertiary/aromatic N) is 4. The highest BCUT2D eigenvalue weighted by atomic mass is 32.1. The Hall–Kier alpha value is -4.21. The maximum atomic E-state index is 13.6. The van der Waals surface area contributed by atoms with Gasteiger partial charge < -0.3 is 4.57 Å². The zero-order chi connectivity index (χ0) is 22.9. The van der Waals surface area contributed by atoms with Gasteiger partial charge in [-0.2, -0.15) is 5.26 Å². The molecule has 3 aromatic carbocycles. The Balaban J connectivity index is 1.91. The highest BCUT2D eigenvalue weighted by Gasteiger charge is 2.17. The van der Waals surface area contributed by atoms with Gasteiger partial charge in [-0.25, -0.2) is 4.98 Å². The minimum absolute atomic E-state index is 0.157. The van der Waals surface area contributed by atoms with Gasteiger partial charge in [0.05, 0.1) is 21.3 Å². The fraction of sp³-hybridized carbons (Fsp3) is 0.0741. The number of thiazole rings is 1. The summed E-state index contributed by atoms with van der Waals surface area (Å²) < 4.78 is 4.65. The van der Waals surface area contributed by atoms with Gasteiger partial charge >= 0.3 is 0 Å². The van der Waals surface area contributed by atoms with Crippen LogP contribution in [0.1, 0.15) is 17.0 Å². The Morgan fingerprint density at radius 1 is 1.00 bits per heavy atom. The van der Waals surface area contributed by atoms with E-state index < -0.39 is 0 Å². The first kappa shape index (κ1) is 20.7. The molecular formula is C27H20N4OS. The number of rotatable bonds is 3. The molecule has 160 valence electrons. The van der Waals surface area contributed by atoms with Crippen molar-refractivity contribution < 1.29 is 0 Å². The summed E-state index contributed by atoms with van der Waals surface area (Å²) in [5.41, 5.74) is 4.71. The van der Waals surface area contributed by atoms with E-state index in [1.807, 2.05) is 103 Å². The molecule has 0 saturated heterocycles. The number of aryl methyl sites for hydroxylation is 2. The molecule has 5 nitrogen and oxygen atoms in total. The van der Waals surface area contributed by atoms with E-state index in [1.165, 1.54) is 11.3 Å². The number of nitriles is 1. The van der Waals surface area contributed by atoms with Gasteiger partial charge in [-0.15, -0.1) is 11.3 Å². The number of imidazole rings is 1. The van der Waals surface area contributed by atoms with Crippen LogP contribution in [0.3, 0.4) is 0 Å². The average molecular weight is 449 g/mol. The highest BCUT2D eigenvalue weighted by molar-refractivity contribution is 7.07. The molecule has 0 amide bonds. The average Bonchev–Trinajstić information content (AvgIpc) is 3.34. The first-order valence-corrected chi connectivity index (χ1v) is 11.3. The molecule has 2 aromatic heterocycles. The van der Waals surface area contributed by atoms with E-state index in [0.717, 1.165) is 22.2 Å². The van der Waals surface area contributed by atoms with Gasteiger partial charge in [-0.1, -0.05) is 54.6 Å². The van der Waals surface area contributed by atoms with Crippen LogP contribution >= 0.6 is 11.3 Å². The van der Waals surface area contributed by atoms with Crippen molar-refractivity contribution in [2.75, 3.05) is 0 Å². The van der Waals surface area contributed by atoms with Crippen LogP contribution in [0.5, 0.6) is 0 Å². The first-order chi connectivity index (χ1) is 16.1. The van der Waals surface area contributed by atoms with Crippen molar-refractivity contribution >= 4 is 34.0 Å². The van der Waals surface area contributed by atoms with Crippen LogP contribution < -0.4 is 14.8 Å². The molecule has 0 atom stereocenters. The van der Waals surface area contributed by atoms with E-state index in [9.17, 15) is 10.1 Å². The molecule has 5 aromatic rings. The molecule has 0 bridgehead atoms. The fourth-order valence-corrected chi connectivity index (χ4v) is 5.01. The third kappa shape index (κ3) is 3.59. The Morgan fingerprint density at radius 2 is 1.70 bits per heavy atom.